The van der Waals surface area contributed by atoms with Crippen molar-refractivity contribution in [3.8, 4) is 0 Å². The molecule has 0 radical (unpaired) electrons. The third-order valence-corrected chi connectivity index (χ3v) is 4.55. The zero-order chi connectivity index (χ0) is 17.6. The summed E-state index contributed by atoms with van der Waals surface area (Å²) in [5, 5.41) is 0. The number of benzene rings is 1. The zero-order valence-corrected chi connectivity index (χ0v) is 14.6. The van der Waals surface area contributed by atoms with E-state index in [1.54, 1.807) is 36.1 Å². The number of nitrogens with zero attached hydrogens (tertiary/aromatic N) is 1. The SMILES string of the molecule is CCOC(=O)c1ccc(N2CCC(OC3CCCCO3)CC2=O)cc1. The lowest BCUT2D eigenvalue weighted by atomic mass is 10.1. The van der Waals surface area contributed by atoms with Gasteiger partial charge >= 0.3 is 5.97 Å². The molecule has 25 heavy (non-hydrogen) atoms. The molecule has 3 rings (SSSR count). The highest BCUT2D eigenvalue weighted by atomic mass is 16.7. The molecular weight excluding hydrogens is 322 g/mol. The third-order valence-electron chi connectivity index (χ3n) is 4.55. The van der Waals surface area contributed by atoms with Gasteiger partial charge in [-0.05, 0) is 56.9 Å². The van der Waals surface area contributed by atoms with Crippen molar-refractivity contribution in [2.24, 2.45) is 0 Å². The Hall–Kier alpha value is -1.92. The van der Waals surface area contributed by atoms with Crippen molar-refractivity contribution in [1.29, 1.82) is 0 Å². The van der Waals surface area contributed by atoms with Gasteiger partial charge in [0.2, 0.25) is 5.91 Å². The molecular formula is C19H25NO5. The van der Waals surface area contributed by atoms with Crippen molar-refractivity contribution in [1.82, 2.24) is 0 Å². The van der Waals surface area contributed by atoms with Crippen molar-refractivity contribution in [2.75, 3.05) is 24.7 Å². The van der Waals surface area contributed by atoms with E-state index in [2.05, 4.69) is 0 Å². The minimum Gasteiger partial charge on any atom is -0.462 e. The lowest BCUT2D eigenvalue weighted by Crippen LogP contribution is -2.43. The van der Waals surface area contributed by atoms with Gasteiger partial charge in [-0.1, -0.05) is 0 Å². The third kappa shape index (κ3) is 4.58. The fourth-order valence-electron chi connectivity index (χ4n) is 3.22. The van der Waals surface area contributed by atoms with Crippen LogP contribution in [0.1, 0.15) is 49.4 Å². The van der Waals surface area contributed by atoms with E-state index in [-0.39, 0.29) is 24.3 Å². The summed E-state index contributed by atoms with van der Waals surface area (Å²) in [6, 6.07) is 6.96. The van der Waals surface area contributed by atoms with Gasteiger partial charge in [0.1, 0.15) is 0 Å². The van der Waals surface area contributed by atoms with Crippen molar-refractivity contribution >= 4 is 17.6 Å². The highest BCUT2D eigenvalue weighted by molar-refractivity contribution is 5.95. The summed E-state index contributed by atoms with van der Waals surface area (Å²) < 4.78 is 16.5. The summed E-state index contributed by atoms with van der Waals surface area (Å²) in [6.45, 7) is 3.46. The van der Waals surface area contributed by atoms with Gasteiger partial charge in [0, 0.05) is 18.8 Å². The highest BCUT2D eigenvalue weighted by Gasteiger charge is 2.30. The summed E-state index contributed by atoms with van der Waals surface area (Å²) in [5.74, 6) is -0.309. The average Bonchev–Trinajstić information content (AvgIpc) is 2.63. The molecule has 2 atom stereocenters. The van der Waals surface area contributed by atoms with Crippen LogP contribution in [0.5, 0.6) is 0 Å². The van der Waals surface area contributed by atoms with Gasteiger partial charge in [-0.15, -0.1) is 0 Å². The van der Waals surface area contributed by atoms with E-state index in [1.165, 1.54) is 0 Å². The van der Waals surface area contributed by atoms with Crippen LogP contribution in [0.3, 0.4) is 0 Å². The van der Waals surface area contributed by atoms with Gasteiger partial charge in [-0.3, -0.25) is 4.79 Å². The monoisotopic (exact) mass is 347 g/mol. The highest BCUT2D eigenvalue weighted by Crippen LogP contribution is 2.25. The van der Waals surface area contributed by atoms with Gasteiger partial charge in [0.25, 0.3) is 0 Å². The number of rotatable bonds is 5. The molecule has 1 aromatic rings. The molecule has 2 fully saturated rings. The van der Waals surface area contributed by atoms with E-state index in [0.717, 1.165) is 38.0 Å². The number of hydrogen-bond acceptors (Lipinski definition) is 5. The molecule has 1 amide bonds. The summed E-state index contributed by atoms with van der Waals surface area (Å²) in [6.07, 6.45) is 4.00. The molecule has 0 aromatic heterocycles. The van der Waals surface area contributed by atoms with Crippen LogP contribution in [0.2, 0.25) is 0 Å². The molecule has 1 aromatic carbocycles. The van der Waals surface area contributed by atoms with Gasteiger partial charge in [0.05, 0.1) is 24.7 Å². The first-order valence-corrected chi connectivity index (χ1v) is 9.02. The van der Waals surface area contributed by atoms with Crippen molar-refractivity contribution in [2.45, 2.75) is 51.4 Å². The Labute approximate surface area is 148 Å². The molecule has 2 aliphatic rings. The molecule has 0 bridgehead atoms. The predicted octanol–water partition coefficient (Wildman–Crippen LogP) is 2.90. The first kappa shape index (κ1) is 17.9. The van der Waals surface area contributed by atoms with Gasteiger partial charge < -0.3 is 19.1 Å². The summed E-state index contributed by atoms with van der Waals surface area (Å²) in [7, 11) is 0. The fraction of sp³-hybridized carbons (Fsp3) is 0.579. The number of esters is 1. The Morgan fingerprint density at radius 3 is 2.68 bits per heavy atom. The Morgan fingerprint density at radius 2 is 2.04 bits per heavy atom. The smallest absolute Gasteiger partial charge is 0.338 e. The minimum atomic E-state index is -0.347. The van der Waals surface area contributed by atoms with Crippen molar-refractivity contribution in [3.63, 3.8) is 0 Å². The standard InChI is InChI=1S/C19H25NO5/c1-2-23-19(22)14-6-8-15(9-7-14)20-11-10-16(13-17(20)21)25-18-5-3-4-12-24-18/h6-9,16,18H,2-5,10-13H2,1H3. The number of anilines is 1. The second-order valence-corrected chi connectivity index (χ2v) is 6.36. The molecule has 2 saturated heterocycles. The number of carbonyl (C=O) groups excluding carboxylic acids is 2. The minimum absolute atomic E-state index is 0.0379. The first-order chi connectivity index (χ1) is 12.2. The lowest BCUT2D eigenvalue weighted by molar-refractivity contribution is -0.192. The predicted molar refractivity (Wildman–Crippen MR) is 92.4 cm³/mol. The number of ether oxygens (including phenoxy) is 3. The number of piperidine rings is 1. The Bertz CT molecular complexity index is 594. The van der Waals surface area contributed by atoms with E-state index in [4.69, 9.17) is 14.2 Å². The molecule has 6 nitrogen and oxygen atoms in total. The molecule has 2 unspecified atom stereocenters. The maximum atomic E-state index is 12.5. The molecule has 2 aliphatic heterocycles. The largest absolute Gasteiger partial charge is 0.462 e. The number of amides is 1. The van der Waals surface area contributed by atoms with Crippen LogP contribution in [0.4, 0.5) is 5.69 Å². The topological polar surface area (TPSA) is 65.1 Å². The van der Waals surface area contributed by atoms with E-state index >= 15 is 0 Å². The summed E-state index contributed by atoms with van der Waals surface area (Å²) >= 11 is 0. The normalized spacial score (nSPS) is 24.2. The second kappa shape index (κ2) is 8.45. The van der Waals surface area contributed by atoms with E-state index in [1.807, 2.05) is 0 Å². The number of carbonyl (C=O) groups is 2. The van der Waals surface area contributed by atoms with Crippen LogP contribution in [0.25, 0.3) is 0 Å². The maximum absolute atomic E-state index is 12.5. The maximum Gasteiger partial charge on any atom is 0.338 e. The lowest BCUT2D eigenvalue weighted by Gasteiger charge is -2.34. The van der Waals surface area contributed by atoms with Crippen molar-refractivity contribution in [3.05, 3.63) is 29.8 Å². The first-order valence-electron chi connectivity index (χ1n) is 9.02. The van der Waals surface area contributed by atoms with Crippen LogP contribution in [-0.4, -0.2) is 44.0 Å². The molecule has 0 saturated carbocycles. The van der Waals surface area contributed by atoms with Crippen LogP contribution >= 0.6 is 0 Å². The molecule has 6 heteroatoms. The Kier molecular flexibility index (Phi) is 6.04. The van der Waals surface area contributed by atoms with E-state index in [9.17, 15) is 9.59 Å². The van der Waals surface area contributed by atoms with Crippen LogP contribution in [0.15, 0.2) is 24.3 Å². The average molecular weight is 347 g/mol. The van der Waals surface area contributed by atoms with Crippen LogP contribution in [0, 0.1) is 0 Å². The Balaban J connectivity index is 1.55. The molecule has 136 valence electrons. The van der Waals surface area contributed by atoms with Crippen LogP contribution < -0.4 is 4.90 Å². The van der Waals surface area contributed by atoms with Gasteiger partial charge in [-0.2, -0.15) is 0 Å². The molecule has 0 N–H and O–H groups in total. The van der Waals surface area contributed by atoms with E-state index in [0.29, 0.717) is 25.1 Å². The zero-order valence-electron chi connectivity index (χ0n) is 14.6. The van der Waals surface area contributed by atoms with Crippen molar-refractivity contribution < 1.29 is 23.8 Å². The molecule has 0 aliphatic carbocycles. The molecule has 0 spiro atoms. The second-order valence-electron chi connectivity index (χ2n) is 6.36. The van der Waals surface area contributed by atoms with Gasteiger partial charge in [0.15, 0.2) is 6.29 Å². The van der Waals surface area contributed by atoms with Crippen LogP contribution in [-0.2, 0) is 19.0 Å². The fourth-order valence-corrected chi connectivity index (χ4v) is 3.22. The quantitative estimate of drug-likeness (QED) is 0.766. The van der Waals surface area contributed by atoms with Gasteiger partial charge in [-0.25, -0.2) is 4.79 Å². The number of hydrogen-bond donors (Lipinski definition) is 0. The van der Waals surface area contributed by atoms with E-state index < -0.39 is 0 Å². The molecule has 2 heterocycles. The summed E-state index contributed by atoms with van der Waals surface area (Å²) in [4.78, 5) is 25.9. The Morgan fingerprint density at radius 1 is 1.24 bits per heavy atom. The summed E-state index contributed by atoms with van der Waals surface area (Å²) in [5.41, 5.74) is 1.29.